The van der Waals surface area contributed by atoms with Gasteiger partial charge in [-0.3, -0.25) is 4.79 Å². The molecule has 0 radical (unpaired) electrons. The van der Waals surface area contributed by atoms with Gasteiger partial charge < -0.3 is 9.88 Å². The molecule has 0 aliphatic heterocycles. The van der Waals surface area contributed by atoms with Gasteiger partial charge >= 0.3 is 0 Å². The second-order valence-electron chi connectivity index (χ2n) is 6.11. The minimum absolute atomic E-state index is 0.118. The van der Waals surface area contributed by atoms with E-state index < -0.39 is 0 Å². The molecule has 0 unspecified atom stereocenters. The smallest absolute Gasteiger partial charge is 0.267 e. The molecule has 2 heterocycles. The normalized spacial score (nSPS) is 10.8. The molecule has 1 amide bonds. The van der Waals surface area contributed by atoms with Crippen molar-refractivity contribution < 1.29 is 4.79 Å². The van der Waals surface area contributed by atoms with Crippen molar-refractivity contribution in [1.82, 2.24) is 4.57 Å². The van der Waals surface area contributed by atoms with Gasteiger partial charge in [-0.1, -0.05) is 29.8 Å². The van der Waals surface area contributed by atoms with Crippen molar-refractivity contribution in [3.8, 4) is 16.8 Å². The summed E-state index contributed by atoms with van der Waals surface area (Å²) in [5, 5.41) is 5.74. The summed E-state index contributed by atoms with van der Waals surface area (Å²) in [5.74, 6) is -0.118. The Kier molecular flexibility index (Phi) is 5.57. The van der Waals surface area contributed by atoms with Crippen molar-refractivity contribution in [2.24, 2.45) is 0 Å². The van der Waals surface area contributed by atoms with E-state index in [1.807, 2.05) is 89.3 Å². The molecule has 0 saturated heterocycles. The van der Waals surface area contributed by atoms with Crippen LogP contribution in [0.15, 0.2) is 83.3 Å². The number of nitrogens with one attached hydrogen (secondary N) is 1. The lowest BCUT2D eigenvalue weighted by molar-refractivity contribution is 0.103. The van der Waals surface area contributed by atoms with E-state index in [-0.39, 0.29) is 5.91 Å². The number of nitrogens with zero attached hydrogens (tertiary/aromatic N) is 1. The Morgan fingerprint density at radius 1 is 1.07 bits per heavy atom. The molecule has 0 spiro atoms. The molecule has 4 aromatic rings. The lowest BCUT2D eigenvalue weighted by Gasteiger charge is -2.11. The molecule has 3 nitrogen and oxygen atoms in total. The zero-order valence-electron chi connectivity index (χ0n) is 15.1. The number of carbonyl (C=O) groups excluding carboxylic acids is 1. The molecule has 6 heteroatoms. The summed E-state index contributed by atoms with van der Waals surface area (Å²) in [4.78, 5) is 14.9. The molecular formula is C22H17ClN2OS2. The second-order valence-corrected chi connectivity index (χ2v) is 8.31. The number of thiophene rings is 1. The van der Waals surface area contributed by atoms with Crippen LogP contribution >= 0.6 is 34.7 Å². The third kappa shape index (κ3) is 3.87. The number of benzene rings is 2. The highest BCUT2D eigenvalue weighted by Gasteiger charge is 2.20. The van der Waals surface area contributed by atoms with Gasteiger partial charge in [-0.25, -0.2) is 0 Å². The molecule has 2 aromatic carbocycles. The van der Waals surface area contributed by atoms with Crippen LogP contribution in [0.4, 0.5) is 5.69 Å². The number of amides is 1. The number of thioether (sulfide) groups is 1. The van der Waals surface area contributed by atoms with E-state index in [4.69, 9.17) is 11.6 Å². The van der Waals surface area contributed by atoms with Crippen LogP contribution in [-0.4, -0.2) is 16.7 Å². The molecule has 0 bridgehead atoms. The Bertz CT molecular complexity index is 1100. The van der Waals surface area contributed by atoms with Gasteiger partial charge in [0.05, 0.1) is 5.69 Å². The first-order chi connectivity index (χ1) is 13.7. The molecule has 0 aliphatic rings. The van der Waals surface area contributed by atoms with Crippen LogP contribution in [0.25, 0.3) is 16.8 Å². The first-order valence-electron chi connectivity index (χ1n) is 8.62. The number of aromatic nitrogens is 1. The summed E-state index contributed by atoms with van der Waals surface area (Å²) in [5.41, 5.74) is 3.68. The third-order valence-corrected chi connectivity index (χ3v) is 6.26. The Labute approximate surface area is 177 Å². The summed E-state index contributed by atoms with van der Waals surface area (Å²) < 4.78 is 1.98. The molecular weight excluding hydrogens is 408 g/mol. The summed E-state index contributed by atoms with van der Waals surface area (Å²) in [7, 11) is 0. The van der Waals surface area contributed by atoms with Gasteiger partial charge in [-0.05, 0) is 54.3 Å². The molecule has 0 saturated carbocycles. The fraction of sp³-hybridized carbons (Fsp3) is 0.0455. The first-order valence-corrected chi connectivity index (χ1v) is 11.1. The number of anilines is 1. The highest BCUT2D eigenvalue weighted by atomic mass is 35.5. The van der Waals surface area contributed by atoms with E-state index in [1.165, 1.54) is 11.3 Å². The topological polar surface area (TPSA) is 34.0 Å². The van der Waals surface area contributed by atoms with Crippen LogP contribution in [0.5, 0.6) is 0 Å². The maximum absolute atomic E-state index is 13.1. The Morgan fingerprint density at radius 2 is 1.82 bits per heavy atom. The van der Waals surface area contributed by atoms with Crippen LogP contribution in [-0.2, 0) is 0 Å². The van der Waals surface area contributed by atoms with E-state index in [1.54, 1.807) is 11.8 Å². The van der Waals surface area contributed by atoms with Gasteiger partial charge in [0.15, 0.2) is 0 Å². The van der Waals surface area contributed by atoms with Crippen LogP contribution in [0.2, 0.25) is 5.02 Å². The van der Waals surface area contributed by atoms with E-state index in [0.717, 1.165) is 27.4 Å². The third-order valence-electron chi connectivity index (χ3n) is 4.32. The van der Waals surface area contributed by atoms with Crippen molar-refractivity contribution in [3.05, 3.63) is 88.3 Å². The summed E-state index contributed by atoms with van der Waals surface area (Å²) in [6, 6.07) is 19.4. The number of rotatable bonds is 5. The molecule has 1 N–H and O–H groups in total. The minimum atomic E-state index is -0.118. The minimum Gasteiger partial charge on any atom is -0.322 e. The predicted octanol–water partition coefficient (Wildman–Crippen LogP) is 6.83. The van der Waals surface area contributed by atoms with Gasteiger partial charge in [-0.2, -0.15) is 0 Å². The zero-order chi connectivity index (χ0) is 19.5. The van der Waals surface area contributed by atoms with Crippen molar-refractivity contribution in [2.45, 2.75) is 4.90 Å². The predicted molar refractivity (Wildman–Crippen MR) is 120 cm³/mol. The van der Waals surface area contributed by atoms with Crippen LogP contribution in [0.1, 0.15) is 9.67 Å². The fourth-order valence-electron chi connectivity index (χ4n) is 2.98. The molecule has 2 aromatic heterocycles. The van der Waals surface area contributed by atoms with E-state index in [2.05, 4.69) is 5.32 Å². The average Bonchev–Trinajstić information content (AvgIpc) is 3.38. The van der Waals surface area contributed by atoms with Gasteiger partial charge in [0.1, 0.15) is 4.88 Å². The molecule has 0 aliphatic carbocycles. The Morgan fingerprint density at radius 3 is 2.54 bits per heavy atom. The Balaban J connectivity index is 1.74. The second kappa shape index (κ2) is 8.27. The van der Waals surface area contributed by atoms with E-state index in [9.17, 15) is 4.79 Å². The number of halogens is 1. The summed E-state index contributed by atoms with van der Waals surface area (Å²) in [6.45, 7) is 0. The highest BCUT2D eigenvalue weighted by molar-refractivity contribution is 7.98. The molecule has 4 rings (SSSR count). The van der Waals surface area contributed by atoms with Gasteiger partial charge in [0.2, 0.25) is 0 Å². The number of hydrogen-bond acceptors (Lipinski definition) is 3. The summed E-state index contributed by atoms with van der Waals surface area (Å²) in [6.07, 6.45) is 5.92. The quantitative estimate of drug-likeness (QED) is 0.356. The monoisotopic (exact) mass is 424 g/mol. The summed E-state index contributed by atoms with van der Waals surface area (Å²) >= 11 is 9.13. The van der Waals surface area contributed by atoms with Crippen molar-refractivity contribution >= 4 is 46.3 Å². The number of carbonyl (C=O) groups is 1. The largest absolute Gasteiger partial charge is 0.322 e. The molecule has 0 atom stereocenters. The lowest BCUT2D eigenvalue weighted by atomic mass is 10.1. The van der Waals surface area contributed by atoms with Gasteiger partial charge in [0.25, 0.3) is 5.91 Å². The molecule has 0 fully saturated rings. The molecule has 28 heavy (non-hydrogen) atoms. The Hall–Kier alpha value is -2.47. The van der Waals surface area contributed by atoms with Crippen molar-refractivity contribution in [3.63, 3.8) is 0 Å². The fourth-order valence-corrected chi connectivity index (χ4v) is 4.53. The van der Waals surface area contributed by atoms with Crippen molar-refractivity contribution in [1.29, 1.82) is 0 Å². The maximum Gasteiger partial charge on any atom is 0.267 e. The van der Waals surface area contributed by atoms with Gasteiger partial charge in [0, 0.05) is 38.9 Å². The highest BCUT2D eigenvalue weighted by Crippen LogP contribution is 2.36. The van der Waals surface area contributed by atoms with Gasteiger partial charge in [-0.15, -0.1) is 23.1 Å². The maximum atomic E-state index is 13.1. The molecule has 140 valence electrons. The van der Waals surface area contributed by atoms with Crippen molar-refractivity contribution in [2.75, 3.05) is 11.6 Å². The lowest BCUT2D eigenvalue weighted by Crippen LogP contribution is -2.13. The zero-order valence-corrected chi connectivity index (χ0v) is 17.4. The van der Waals surface area contributed by atoms with E-state index >= 15 is 0 Å². The number of hydrogen-bond donors (Lipinski definition) is 1. The average molecular weight is 425 g/mol. The SMILES string of the molecule is CSc1cccc(NC(=O)c2scc(-c3ccc(Cl)cc3)c2-n2cccc2)c1. The van der Waals surface area contributed by atoms with Crippen LogP contribution < -0.4 is 5.32 Å². The standard InChI is InChI=1S/C22H17ClN2OS2/c1-27-18-6-4-5-17(13-18)24-22(26)21-20(25-11-2-3-12-25)19(14-28-21)15-7-9-16(23)10-8-15/h2-14H,1H3,(H,24,26). The van der Waals surface area contributed by atoms with E-state index in [0.29, 0.717) is 9.90 Å². The first kappa shape index (κ1) is 18.9. The van der Waals surface area contributed by atoms with Crippen LogP contribution in [0.3, 0.4) is 0 Å². The van der Waals surface area contributed by atoms with Crippen LogP contribution in [0, 0.1) is 0 Å².